The Hall–Kier alpha value is -1.07. The van der Waals surface area contributed by atoms with Gasteiger partial charge in [-0.25, -0.2) is 12.7 Å². The predicted molar refractivity (Wildman–Crippen MR) is 123 cm³/mol. The molecule has 1 aromatic rings. The molecule has 0 fully saturated rings. The summed E-state index contributed by atoms with van der Waals surface area (Å²) in [5.41, 5.74) is 0. The topological polar surface area (TPSA) is 74.2 Å². The molecule has 0 aliphatic rings. The van der Waals surface area contributed by atoms with Crippen LogP contribution in [-0.2, 0) is 10.0 Å². The molecule has 27 heavy (non-hydrogen) atoms. The van der Waals surface area contributed by atoms with Crippen LogP contribution >= 0.6 is 24.0 Å². The lowest BCUT2D eigenvalue weighted by Crippen LogP contribution is -2.41. The molecule has 0 amide bonds. The molecule has 156 valence electrons. The van der Waals surface area contributed by atoms with E-state index in [2.05, 4.69) is 10.3 Å². The van der Waals surface area contributed by atoms with Gasteiger partial charge in [-0.15, -0.1) is 24.0 Å². The van der Waals surface area contributed by atoms with Crippen LogP contribution in [0.15, 0.2) is 35.3 Å². The predicted octanol–water partition coefficient (Wildman–Crippen LogP) is 2.25. The van der Waals surface area contributed by atoms with Crippen molar-refractivity contribution >= 4 is 40.0 Å². The number of benzene rings is 1. The first-order chi connectivity index (χ1) is 12.4. The van der Waals surface area contributed by atoms with Crippen LogP contribution in [0.5, 0.6) is 5.75 Å². The largest absolute Gasteiger partial charge is 0.492 e. The smallest absolute Gasteiger partial charge is 0.211 e. The van der Waals surface area contributed by atoms with E-state index in [-0.39, 0.29) is 24.0 Å². The standard InChI is InChI=1S/C18H32N4O3S.HI/c1-5-19-18(20-13-10-14-22(6-2)26(4,23)24)21(3)15-16-25-17-11-8-7-9-12-17;/h7-9,11-12H,5-6,10,13-16H2,1-4H3,(H,19,20);1H. The van der Waals surface area contributed by atoms with Crippen LogP contribution in [-0.4, -0.2) is 76.2 Å². The zero-order chi connectivity index (χ0) is 19.4. The van der Waals surface area contributed by atoms with Crippen molar-refractivity contribution in [2.45, 2.75) is 20.3 Å². The molecule has 0 aliphatic heterocycles. The third-order valence-electron chi connectivity index (χ3n) is 3.78. The third-order valence-corrected chi connectivity index (χ3v) is 5.16. The van der Waals surface area contributed by atoms with Gasteiger partial charge in [0.1, 0.15) is 12.4 Å². The number of guanidine groups is 1. The molecular weight excluding hydrogens is 479 g/mol. The van der Waals surface area contributed by atoms with Crippen LogP contribution in [0.25, 0.3) is 0 Å². The number of aliphatic imine (C=N–C) groups is 1. The lowest BCUT2D eigenvalue weighted by molar-refractivity contribution is 0.281. The monoisotopic (exact) mass is 512 g/mol. The summed E-state index contributed by atoms with van der Waals surface area (Å²) in [5.74, 6) is 1.65. The van der Waals surface area contributed by atoms with Gasteiger partial charge in [0, 0.05) is 33.2 Å². The minimum Gasteiger partial charge on any atom is -0.492 e. The highest BCUT2D eigenvalue weighted by atomic mass is 127. The number of para-hydroxylation sites is 1. The number of hydrogen-bond acceptors (Lipinski definition) is 4. The van der Waals surface area contributed by atoms with E-state index in [1.165, 1.54) is 10.6 Å². The third kappa shape index (κ3) is 10.7. The van der Waals surface area contributed by atoms with E-state index in [0.29, 0.717) is 39.2 Å². The highest BCUT2D eigenvalue weighted by Gasteiger charge is 2.13. The number of rotatable bonds is 11. The maximum absolute atomic E-state index is 11.6. The summed E-state index contributed by atoms with van der Waals surface area (Å²) >= 11 is 0. The Morgan fingerprint density at radius 2 is 1.85 bits per heavy atom. The van der Waals surface area contributed by atoms with Gasteiger partial charge >= 0.3 is 0 Å². The Bertz CT molecular complexity index is 641. The van der Waals surface area contributed by atoms with Crippen LogP contribution in [0.1, 0.15) is 20.3 Å². The summed E-state index contributed by atoms with van der Waals surface area (Å²) in [6.45, 7) is 7.43. The molecule has 7 nitrogen and oxygen atoms in total. The fraction of sp³-hybridized carbons (Fsp3) is 0.611. The van der Waals surface area contributed by atoms with Gasteiger partial charge in [-0.05, 0) is 25.5 Å². The molecule has 1 aromatic carbocycles. The summed E-state index contributed by atoms with van der Waals surface area (Å²) in [6.07, 6.45) is 1.93. The second kappa shape index (κ2) is 14.0. The van der Waals surface area contributed by atoms with E-state index in [1.807, 2.05) is 56.1 Å². The summed E-state index contributed by atoms with van der Waals surface area (Å²) in [6, 6.07) is 9.71. The van der Waals surface area contributed by atoms with Crippen LogP contribution < -0.4 is 10.1 Å². The zero-order valence-corrected chi connectivity index (χ0v) is 19.9. The van der Waals surface area contributed by atoms with E-state index in [4.69, 9.17) is 4.74 Å². The minimum atomic E-state index is -3.14. The number of likely N-dealkylation sites (N-methyl/N-ethyl adjacent to an activating group) is 1. The van der Waals surface area contributed by atoms with E-state index in [9.17, 15) is 8.42 Å². The molecule has 0 unspecified atom stereocenters. The summed E-state index contributed by atoms with van der Waals surface area (Å²) in [5, 5.41) is 3.25. The summed E-state index contributed by atoms with van der Waals surface area (Å²) in [4.78, 5) is 6.60. The number of nitrogens with zero attached hydrogens (tertiary/aromatic N) is 3. The molecule has 0 bridgehead atoms. The summed E-state index contributed by atoms with van der Waals surface area (Å²) in [7, 11) is -1.18. The lowest BCUT2D eigenvalue weighted by Gasteiger charge is -2.22. The minimum absolute atomic E-state index is 0. The van der Waals surface area contributed by atoms with Crippen LogP contribution in [0.3, 0.4) is 0 Å². The number of nitrogens with one attached hydrogen (secondary N) is 1. The molecule has 0 radical (unpaired) electrons. The number of ether oxygens (including phenoxy) is 1. The average molecular weight is 512 g/mol. The molecule has 9 heteroatoms. The molecule has 0 atom stereocenters. The molecule has 0 heterocycles. The van der Waals surface area contributed by atoms with Gasteiger partial charge in [0.25, 0.3) is 0 Å². The van der Waals surface area contributed by atoms with Gasteiger partial charge in [-0.1, -0.05) is 25.1 Å². The number of sulfonamides is 1. The van der Waals surface area contributed by atoms with Crippen LogP contribution in [0.2, 0.25) is 0 Å². The normalized spacial score (nSPS) is 11.8. The van der Waals surface area contributed by atoms with E-state index in [1.54, 1.807) is 0 Å². The van der Waals surface area contributed by atoms with Crippen LogP contribution in [0.4, 0.5) is 0 Å². The molecular formula is C18H33IN4O3S. The van der Waals surface area contributed by atoms with Crippen molar-refractivity contribution in [1.82, 2.24) is 14.5 Å². The average Bonchev–Trinajstić information content (AvgIpc) is 2.60. The Balaban J connectivity index is 0.00000676. The fourth-order valence-electron chi connectivity index (χ4n) is 2.38. The highest BCUT2D eigenvalue weighted by molar-refractivity contribution is 14.0. The molecule has 0 aliphatic carbocycles. The Morgan fingerprint density at radius 3 is 2.41 bits per heavy atom. The molecule has 0 spiro atoms. The molecule has 0 saturated carbocycles. The van der Waals surface area contributed by atoms with Gasteiger partial charge in [0.15, 0.2) is 5.96 Å². The molecule has 0 aromatic heterocycles. The first-order valence-electron chi connectivity index (χ1n) is 9.00. The van der Waals surface area contributed by atoms with Crippen molar-refractivity contribution in [2.24, 2.45) is 4.99 Å². The molecule has 0 saturated heterocycles. The van der Waals surface area contributed by atoms with E-state index >= 15 is 0 Å². The van der Waals surface area contributed by atoms with E-state index in [0.717, 1.165) is 18.3 Å². The van der Waals surface area contributed by atoms with Gasteiger partial charge in [-0.3, -0.25) is 4.99 Å². The highest BCUT2D eigenvalue weighted by Crippen LogP contribution is 2.07. The molecule has 1 rings (SSSR count). The quantitative estimate of drug-likeness (QED) is 0.213. The van der Waals surface area contributed by atoms with Crippen molar-refractivity contribution in [3.63, 3.8) is 0 Å². The van der Waals surface area contributed by atoms with Gasteiger partial charge < -0.3 is 15.0 Å². The first-order valence-corrected chi connectivity index (χ1v) is 10.9. The second-order valence-electron chi connectivity index (χ2n) is 5.93. The van der Waals surface area contributed by atoms with Crippen molar-refractivity contribution in [2.75, 3.05) is 52.6 Å². The molecule has 1 N–H and O–H groups in total. The lowest BCUT2D eigenvalue weighted by atomic mass is 10.3. The second-order valence-corrected chi connectivity index (χ2v) is 7.91. The Morgan fingerprint density at radius 1 is 1.19 bits per heavy atom. The number of hydrogen-bond donors (Lipinski definition) is 1. The van der Waals surface area contributed by atoms with Crippen molar-refractivity contribution < 1.29 is 13.2 Å². The SMILES string of the molecule is CCNC(=NCCCN(CC)S(C)(=O)=O)N(C)CCOc1ccccc1.I. The van der Waals surface area contributed by atoms with Crippen LogP contribution in [0, 0.1) is 0 Å². The first kappa shape index (κ1) is 25.9. The van der Waals surface area contributed by atoms with Gasteiger partial charge in [0.05, 0.1) is 12.8 Å². The summed E-state index contributed by atoms with van der Waals surface area (Å²) < 4.78 is 30.4. The van der Waals surface area contributed by atoms with Crippen molar-refractivity contribution in [3.8, 4) is 5.75 Å². The van der Waals surface area contributed by atoms with Crippen molar-refractivity contribution in [1.29, 1.82) is 0 Å². The fourth-order valence-corrected chi connectivity index (χ4v) is 3.31. The van der Waals surface area contributed by atoms with Crippen molar-refractivity contribution in [3.05, 3.63) is 30.3 Å². The zero-order valence-electron chi connectivity index (χ0n) is 16.7. The van der Waals surface area contributed by atoms with Gasteiger partial charge in [0.2, 0.25) is 10.0 Å². The maximum atomic E-state index is 11.6. The Kier molecular flexibility index (Phi) is 13.4. The number of halogens is 1. The Labute approximate surface area is 181 Å². The maximum Gasteiger partial charge on any atom is 0.211 e. The van der Waals surface area contributed by atoms with Gasteiger partial charge in [-0.2, -0.15) is 0 Å². The van der Waals surface area contributed by atoms with E-state index < -0.39 is 10.0 Å².